The van der Waals surface area contributed by atoms with E-state index in [0.717, 1.165) is 25.8 Å². The van der Waals surface area contributed by atoms with Crippen LogP contribution in [0.15, 0.2) is 35.6 Å². The van der Waals surface area contributed by atoms with E-state index < -0.39 is 6.04 Å². The minimum absolute atomic E-state index is 0.0118. The highest BCUT2D eigenvalue weighted by Gasteiger charge is 2.53. The van der Waals surface area contributed by atoms with E-state index in [1.807, 2.05) is 14.1 Å². The minimum atomic E-state index is -0.575. The van der Waals surface area contributed by atoms with Gasteiger partial charge < -0.3 is 14.5 Å². The molecule has 1 aromatic carbocycles. The lowest BCUT2D eigenvalue weighted by Gasteiger charge is -2.40. The van der Waals surface area contributed by atoms with Crippen LogP contribution in [0.2, 0.25) is 0 Å². The first-order valence-corrected chi connectivity index (χ1v) is 10.9. The molecule has 5 atom stereocenters. The molecular formula is C24H31FN2O3. The Balaban J connectivity index is 1.71. The van der Waals surface area contributed by atoms with E-state index in [1.54, 1.807) is 17.0 Å². The quantitative estimate of drug-likeness (QED) is 0.739. The molecule has 1 aliphatic carbocycles. The second-order valence-electron chi connectivity index (χ2n) is 9.41. The maximum atomic E-state index is 14.0. The Morgan fingerprint density at radius 1 is 1.17 bits per heavy atom. The van der Waals surface area contributed by atoms with Gasteiger partial charge in [0.05, 0.1) is 17.5 Å². The van der Waals surface area contributed by atoms with E-state index in [-0.39, 0.29) is 35.3 Å². The summed E-state index contributed by atoms with van der Waals surface area (Å²) in [6.07, 6.45) is 2.08. The van der Waals surface area contributed by atoms with E-state index in [2.05, 4.69) is 18.7 Å². The predicted octanol–water partition coefficient (Wildman–Crippen LogP) is 3.56. The van der Waals surface area contributed by atoms with Gasteiger partial charge in [0.15, 0.2) is 11.5 Å². The highest BCUT2D eigenvalue weighted by Crippen LogP contribution is 2.48. The predicted molar refractivity (Wildman–Crippen MR) is 112 cm³/mol. The summed E-state index contributed by atoms with van der Waals surface area (Å²) in [7, 11) is 3.97. The molecule has 0 spiro atoms. The van der Waals surface area contributed by atoms with Crippen molar-refractivity contribution in [3.05, 3.63) is 47.0 Å². The van der Waals surface area contributed by atoms with Crippen LogP contribution in [0.5, 0.6) is 0 Å². The zero-order valence-corrected chi connectivity index (χ0v) is 18.2. The monoisotopic (exact) mass is 414 g/mol. The number of amides is 1. The summed E-state index contributed by atoms with van der Waals surface area (Å²) in [6, 6.07) is 5.66. The zero-order valence-electron chi connectivity index (χ0n) is 18.2. The van der Waals surface area contributed by atoms with Gasteiger partial charge in [0.1, 0.15) is 11.9 Å². The van der Waals surface area contributed by atoms with Crippen molar-refractivity contribution in [2.45, 2.75) is 45.3 Å². The molecule has 0 saturated heterocycles. The summed E-state index contributed by atoms with van der Waals surface area (Å²) in [4.78, 5) is 30.7. The number of ether oxygens (including phenoxy) is 1. The van der Waals surface area contributed by atoms with Gasteiger partial charge >= 0.3 is 0 Å². The van der Waals surface area contributed by atoms with Gasteiger partial charge in [-0.15, -0.1) is 0 Å². The van der Waals surface area contributed by atoms with Gasteiger partial charge in [-0.2, -0.15) is 0 Å². The molecule has 4 rings (SSSR count). The van der Waals surface area contributed by atoms with E-state index in [1.165, 1.54) is 12.1 Å². The average Bonchev–Trinajstić information content (AvgIpc) is 2.96. The Kier molecular flexibility index (Phi) is 5.71. The van der Waals surface area contributed by atoms with E-state index >= 15 is 0 Å². The van der Waals surface area contributed by atoms with Gasteiger partial charge in [-0.3, -0.25) is 9.59 Å². The Hall–Kier alpha value is -2.21. The summed E-state index contributed by atoms with van der Waals surface area (Å²) in [5.41, 5.74) is 1.06. The summed E-state index contributed by atoms with van der Waals surface area (Å²) in [6.45, 7) is 5.66. The standard InChI is InChI=1S/C24H31FN2O3/c1-14-11-18-19(12-15(14)2)30-23-20(22(18)28)21(16-7-5-8-17(25)13-16)27(24(23)29)10-6-9-26(3)4/h5,7-8,13-15,18-19,21H,6,9-12H2,1-4H3. The number of halogens is 1. The lowest BCUT2D eigenvalue weighted by Crippen LogP contribution is -2.43. The molecule has 1 saturated carbocycles. The fourth-order valence-electron chi connectivity index (χ4n) is 5.12. The largest absolute Gasteiger partial charge is 0.483 e. The number of benzene rings is 1. The zero-order chi connectivity index (χ0) is 21.6. The molecule has 1 amide bonds. The molecule has 0 aromatic heterocycles. The maximum Gasteiger partial charge on any atom is 0.290 e. The van der Waals surface area contributed by atoms with Crippen LogP contribution in [-0.2, 0) is 14.3 Å². The Morgan fingerprint density at radius 3 is 2.60 bits per heavy atom. The van der Waals surface area contributed by atoms with E-state index in [9.17, 15) is 14.0 Å². The molecule has 0 bridgehead atoms. The average molecular weight is 415 g/mol. The summed E-state index contributed by atoms with van der Waals surface area (Å²) >= 11 is 0. The van der Waals surface area contributed by atoms with Crippen LogP contribution < -0.4 is 0 Å². The normalized spacial score (nSPS) is 31.1. The third-order valence-electron chi connectivity index (χ3n) is 6.98. The SMILES string of the molecule is CC1CC2OC3=C(C(=O)C2CC1C)C(c1cccc(F)c1)N(CCCN(C)C)C3=O. The number of rotatable bonds is 5. The fourth-order valence-corrected chi connectivity index (χ4v) is 5.12. The van der Waals surface area contributed by atoms with Gasteiger partial charge in [0.25, 0.3) is 5.91 Å². The molecule has 30 heavy (non-hydrogen) atoms. The van der Waals surface area contributed by atoms with Gasteiger partial charge in [-0.05, 0) is 69.4 Å². The molecule has 5 unspecified atom stereocenters. The van der Waals surface area contributed by atoms with Gasteiger partial charge in [-0.25, -0.2) is 4.39 Å². The van der Waals surface area contributed by atoms with Crippen LogP contribution in [0.25, 0.3) is 0 Å². The topological polar surface area (TPSA) is 49.9 Å². The van der Waals surface area contributed by atoms with Crippen LogP contribution in [0.4, 0.5) is 4.39 Å². The molecular weight excluding hydrogens is 383 g/mol. The molecule has 0 N–H and O–H groups in total. The van der Waals surface area contributed by atoms with Crippen LogP contribution in [0, 0.1) is 23.6 Å². The molecule has 5 nitrogen and oxygen atoms in total. The van der Waals surface area contributed by atoms with Crippen molar-refractivity contribution < 1.29 is 18.7 Å². The smallest absolute Gasteiger partial charge is 0.290 e. The molecule has 162 valence electrons. The lowest BCUT2D eigenvalue weighted by atomic mass is 9.70. The molecule has 2 aliphatic heterocycles. The Bertz CT molecular complexity index is 881. The van der Waals surface area contributed by atoms with Crippen molar-refractivity contribution in [1.29, 1.82) is 0 Å². The highest BCUT2D eigenvalue weighted by molar-refractivity contribution is 6.11. The van der Waals surface area contributed by atoms with Crippen LogP contribution >= 0.6 is 0 Å². The maximum absolute atomic E-state index is 14.0. The fraction of sp³-hybridized carbons (Fsp3) is 0.583. The number of hydrogen-bond donors (Lipinski definition) is 0. The van der Waals surface area contributed by atoms with Crippen LogP contribution in [-0.4, -0.2) is 54.8 Å². The number of fused-ring (bicyclic) bond motifs is 1. The molecule has 1 aromatic rings. The second kappa shape index (κ2) is 8.14. The molecule has 1 fully saturated rings. The third kappa shape index (κ3) is 3.66. The Labute approximate surface area is 177 Å². The lowest BCUT2D eigenvalue weighted by molar-refractivity contribution is -0.137. The number of carbonyl (C=O) groups is 2. The minimum Gasteiger partial charge on any atom is -0.483 e. The van der Waals surface area contributed by atoms with E-state index in [0.29, 0.717) is 29.5 Å². The molecule has 6 heteroatoms. The molecule has 0 radical (unpaired) electrons. The van der Waals surface area contributed by atoms with Crippen molar-refractivity contribution in [2.75, 3.05) is 27.2 Å². The number of Topliss-reactive ketones (excluding diaryl/α,β-unsaturated/α-hetero) is 1. The second-order valence-corrected chi connectivity index (χ2v) is 9.41. The van der Waals surface area contributed by atoms with E-state index in [4.69, 9.17) is 4.74 Å². The van der Waals surface area contributed by atoms with Crippen molar-refractivity contribution in [2.24, 2.45) is 17.8 Å². The van der Waals surface area contributed by atoms with Crippen LogP contribution in [0.3, 0.4) is 0 Å². The molecule has 2 heterocycles. The molecule has 3 aliphatic rings. The van der Waals surface area contributed by atoms with Crippen molar-refractivity contribution in [3.63, 3.8) is 0 Å². The first-order chi connectivity index (χ1) is 14.3. The number of ketones is 1. The highest BCUT2D eigenvalue weighted by atomic mass is 19.1. The van der Waals surface area contributed by atoms with Crippen LogP contribution in [0.1, 0.15) is 44.7 Å². The first kappa shape index (κ1) is 21.0. The Morgan fingerprint density at radius 2 is 1.90 bits per heavy atom. The summed E-state index contributed by atoms with van der Waals surface area (Å²) in [5.74, 6) is 0.260. The summed E-state index contributed by atoms with van der Waals surface area (Å²) in [5, 5.41) is 0. The number of nitrogens with zero attached hydrogens (tertiary/aromatic N) is 2. The number of hydrogen-bond acceptors (Lipinski definition) is 4. The van der Waals surface area contributed by atoms with Gasteiger partial charge in [-0.1, -0.05) is 26.0 Å². The third-order valence-corrected chi connectivity index (χ3v) is 6.98. The van der Waals surface area contributed by atoms with Gasteiger partial charge in [0.2, 0.25) is 0 Å². The van der Waals surface area contributed by atoms with Crippen molar-refractivity contribution in [1.82, 2.24) is 9.80 Å². The van der Waals surface area contributed by atoms with Gasteiger partial charge in [0, 0.05) is 6.54 Å². The van der Waals surface area contributed by atoms with Crippen molar-refractivity contribution >= 4 is 11.7 Å². The summed E-state index contributed by atoms with van der Waals surface area (Å²) < 4.78 is 20.3. The first-order valence-electron chi connectivity index (χ1n) is 10.9. The van der Waals surface area contributed by atoms with Crippen molar-refractivity contribution in [3.8, 4) is 0 Å². The number of carbonyl (C=O) groups excluding carboxylic acids is 2.